The van der Waals surface area contributed by atoms with Crippen LogP contribution in [0.4, 0.5) is 0 Å². The molecule has 0 spiro atoms. The first-order valence-electron chi connectivity index (χ1n) is 9.98. The first kappa shape index (κ1) is 19.1. The van der Waals surface area contributed by atoms with Crippen LogP contribution < -0.4 is 14.8 Å². The number of fused-ring (bicyclic) bond motifs is 1. The van der Waals surface area contributed by atoms with Crippen LogP contribution in [0.25, 0.3) is 11.3 Å². The molecule has 2 heterocycles. The molecule has 1 amide bonds. The lowest BCUT2D eigenvalue weighted by Crippen LogP contribution is -2.29. The number of nitrogens with zero attached hydrogens (tertiary/aromatic N) is 1. The molecule has 0 saturated carbocycles. The summed E-state index contributed by atoms with van der Waals surface area (Å²) in [6.45, 7) is 5.12. The van der Waals surface area contributed by atoms with Gasteiger partial charge in [0.15, 0.2) is 11.5 Å². The Morgan fingerprint density at radius 2 is 1.90 bits per heavy atom. The molecule has 0 fully saturated rings. The number of nitrogens with one attached hydrogen (secondary N) is 2. The van der Waals surface area contributed by atoms with Crippen molar-refractivity contribution >= 4 is 5.91 Å². The number of rotatable bonds is 6. The Hall–Kier alpha value is -3.28. The summed E-state index contributed by atoms with van der Waals surface area (Å²) in [6, 6.07) is 15.6. The number of hydrogen-bond acceptors (Lipinski definition) is 4. The number of benzene rings is 2. The molecule has 0 saturated heterocycles. The lowest BCUT2D eigenvalue weighted by Gasteiger charge is -2.23. The summed E-state index contributed by atoms with van der Waals surface area (Å²) < 4.78 is 11.3. The second-order valence-electron chi connectivity index (χ2n) is 7.16. The highest BCUT2D eigenvalue weighted by molar-refractivity contribution is 5.95. The molecule has 4 rings (SSSR count). The van der Waals surface area contributed by atoms with Gasteiger partial charge in [-0.25, -0.2) is 0 Å². The smallest absolute Gasteiger partial charge is 0.270 e. The number of aromatic amines is 1. The van der Waals surface area contributed by atoms with Crippen molar-refractivity contribution in [3.63, 3.8) is 0 Å². The first-order valence-corrected chi connectivity index (χ1v) is 9.98. The molecule has 6 nitrogen and oxygen atoms in total. The topological polar surface area (TPSA) is 76.2 Å². The van der Waals surface area contributed by atoms with Gasteiger partial charge in [-0.1, -0.05) is 49.7 Å². The lowest BCUT2D eigenvalue weighted by molar-refractivity contribution is 0.0928. The Bertz CT molecular complexity index is 998. The lowest BCUT2D eigenvalue weighted by atomic mass is 10.0. The highest BCUT2D eigenvalue weighted by atomic mass is 16.6. The normalized spacial score (nSPS) is 13.7. The van der Waals surface area contributed by atoms with Crippen LogP contribution >= 0.6 is 0 Å². The van der Waals surface area contributed by atoms with E-state index in [-0.39, 0.29) is 11.9 Å². The van der Waals surface area contributed by atoms with E-state index in [1.165, 1.54) is 0 Å². The number of amides is 1. The molecule has 0 unspecified atom stereocenters. The van der Waals surface area contributed by atoms with Gasteiger partial charge >= 0.3 is 0 Å². The molecule has 1 atom stereocenters. The third-order valence-corrected chi connectivity index (χ3v) is 5.14. The van der Waals surface area contributed by atoms with Crippen LogP contribution in [0.3, 0.4) is 0 Å². The fourth-order valence-electron chi connectivity index (χ4n) is 3.61. The van der Waals surface area contributed by atoms with E-state index in [0.717, 1.165) is 46.7 Å². The zero-order valence-electron chi connectivity index (χ0n) is 16.7. The summed E-state index contributed by atoms with van der Waals surface area (Å²) in [6.07, 6.45) is 1.76. The fraction of sp³-hybridized carbons (Fsp3) is 0.304. The van der Waals surface area contributed by atoms with Gasteiger partial charge in [-0.2, -0.15) is 5.10 Å². The number of H-pyrrole nitrogens is 1. The van der Waals surface area contributed by atoms with Crippen LogP contribution in [0.2, 0.25) is 0 Å². The summed E-state index contributed by atoms with van der Waals surface area (Å²) in [5.41, 5.74) is 4.11. The quantitative estimate of drug-likeness (QED) is 0.652. The fourth-order valence-corrected chi connectivity index (χ4v) is 3.61. The van der Waals surface area contributed by atoms with Crippen molar-refractivity contribution in [2.75, 3.05) is 13.2 Å². The average Bonchev–Trinajstić information content (AvgIpc) is 3.15. The van der Waals surface area contributed by atoms with E-state index in [1.807, 2.05) is 55.5 Å². The highest BCUT2D eigenvalue weighted by Gasteiger charge is 2.22. The average molecular weight is 391 g/mol. The maximum absolute atomic E-state index is 13.0. The summed E-state index contributed by atoms with van der Waals surface area (Å²) >= 11 is 0. The number of carbonyl (C=O) groups is 1. The van der Waals surface area contributed by atoms with E-state index in [9.17, 15) is 4.79 Å². The summed E-state index contributed by atoms with van der Waals surface area (Å²) in [7, 11) is 0. The van der Waals surface area contributed by atoms with Crippen LogP contribution in [0.15, 0.2) is 48.5 Å². The van der Waals surface area contributed by atoms with Gasteiger partial charge in [0.2, 0.25) is 0 Å². The molecular formula is C23H25N3O3. The largest absolute Gasteiger partial charge is 0.486 e. The third-order valence-electron chi connectivity index (χ3n) is 5.14. The Kier molecular flexibility index (Phi) is 5.51. The van der Waals surface area contributed by atoms with Crippen molar-refractivity contribution in [1.82, 2.24) is 15.5 Å². The van der Waals surface area contributed by atoms with Crippen molar-refractivity contribution in [3.05, 3.63) is 65.4 Å². The van der Waals surface area contributed by atoms with Gasteiger partial charge < -0.3 is 14.8 Å². The van der Waals surface area contributed by atoms with E-state index in [4.69, 9.17) is 9.47 Å². The Balaban J connectivity index is 1.56. The van der Waals surface area contributed by atoms with Crippen LogP contribution in [-0.2, 0) is 0 Å². The maximum atomic E-state index is 13.0. The van der Waals surface area contributed by atoms with Gasteiger partial charge in [0, 0.05) is 11.1 Å². The van der Waals surface area contributed by atoms with E-state index >= 15 is 0 Å². The first-order chi connectivity index (χ1) is 14.2. The van der Waals surface area contributed by atoms with E-state index in [1.54, 1.807) is 0 Å². The maximum Gasteiger partial charge on any atom is 0.270 e. The predicted molar refractivity (Wildman–Crippen MR) is 111 cm³/mol. The third kappa shape index (κ3) is 3.97. The standard InChI is InChI=1S/C23H25N3O3/c1-3-7-18(17-10-11-19-20(14-17)29-13-12-28-19)24-23(27)22-15(2)21(25-26-22)16-8-5-4-6-9-16/h4-6,8-11,14,18H,3,7,12-13H2,1-2H3,(H,24,27)(H,25,26)/t18-/m0/s1. The Morgan fingerprint density at radius 3 is 2.66 bits per heavy atom. The SMILES string of the molecule is CCC[C@H](NC(=O)c1[nH]nc(-c2ccccc2)c1C)c1ccc2c(c1)OCCO2. The van der Waals surface area contributed by atoms with Gasteiger partial charge in [0.1, 0.15) is 18.9 Å². The minimum Gasteiger partial charge on any atom is -0.486 e. The van der Waals surface area contributed by atoms with Gasteiger partial charge in [0.25, 0.3) is 5.91 Å². The van der Waals surface area contributed by atoms with Gasteiger partial charge in [-0.3, -0.25) is 9.89 Å². The molecule has 1 aliphatic rings. The molecule has 1 aromatic heterocycles. The molecule has 0 radical (unpaired) electrons. The molecular weight excluding hydrogens is 366 g/mol. The van der Waals surface area contributed by atoms with Crippen molar-refractivity contribution < 1.29 is 14.3 Å². The monoisotopic (exact) mass is 391 g/mol. The predicted octanol–water partition coefficient (Wildman–Crippen LogP) is 4.43. The van der Waals surface area contributed by atoms with Gasteiger partial charge in [-0.15, -0.1) is 0 Å². The molecule has 0 aliphatic carbocycles. The Morgan fingerprint density at radius 1 is 1.14 bits per heavy atom. The van der Waals surface area contributed by atoms with Crippen molar-refractivity contribution in [2.45, 2.75) is 32.7 Å². The van der Waals surface area contributed by atoms with Crippen LogP contribution in [-0.4, -0.2) is 29.3 Å². The summed E-state index contributed by atoms with van der Waals surface area (Å²) in [5.74, 6) is 1.32. The van der Waals surface area contributed by atoms with Crippen molar-refractivity contribution in [2.24, 2.45) is 0 Å². The zero-order chi connectivity index (χ0) is 20.2. The van der Waals surface area contributed by atoms with Crippen LogP contribution in [0.5, 0.6) is 11.5 Å². The van der Waals surface area contributed by atoms with Crippen molar-refractivity contribution in [1.29, 1.82) is 0 Å². The van der Waals surface area contributed by atoms with Crippen LogP contribution in [0.1, 0.15) is 47.4 Å². The number of ether oxygens (including phenoxy) is 2. The highest BCUT2D eigenvalue weighted by Crippen LogP contribution is 2.34. The second-order valence-corrected chi connectivity index (χ2v) is 7.16. The minimum atomic E-state index is -0.162. The molecule has 150 valence electrons. The molecule has 1 aliphatic heterocycles. The van der Waals surface area contributed by atoms with Crippen molar-refractivity contribution in [3.8, 4) is 22.8 Å². The molecule has 0 bridgehead atoms. The molecule has 3 aromatic rings. The number of hydrogen-bond donors (Lipinski definition) is 2. The van der Waals surface area contributed by atoms with E-state index in [2.05, 4.69) is 22.4 Å². The molecule has 2 aromatic carbocycles. The molecule has 2 N–H and O–H groups in total. The summed E-state index contributed by atoms with van der Waals surface area (Å²) in [4.78, 5) is 13.0. The zero-order valence-corrected chi connectivity index (χ0v) is 16.7. The number of carbonyl (C=O) groups excluding carboxylic acids is 1. The Labute approximate surface area is 170 Å². The van der Waals surface area contributed by atoms with Crippen LogP contribution in [0, 0.1) is 6.92 Å². The molecule has 6 heteroatoms. The molecule has 29 heavy (non-hydrogen) atoms. The van der Waals surface area contributed by atoms with E-state index in [0.29, 0.717) is 18.9 Å². The minimum absolute atomic E-state index is 0.119. The second kappa shape index (κ2) is 8.39. The van der Waals surface area contributed by atoms with Gasteiger partial charge in [-0.05, 0) is 31.0 Å². The summed E-state index contributed by atoms with van der Waals surface area (Å²) in [5, 5.41) is 10.4. The van der Waals surface area contributed by atoms with E-state index < -0.39 is 0 Å². The number of aromatic nitrogens is 2. The van der Waals surface area contributed by atoms with Gasteiger partial charge in [0.05, 0.1) is 11.7 Å².